The van der Waals surface area contributed by atoms with Crippen molar-refractivity contribution < 1.29 is 9.32 Å². The summed E-state index contributed by atoms with van der Waals surface area (Å²) < 4.78 is 5.07. The van der Waals surface area contributed by atoms with Gasteiger partial charge in [-0.1, -0.05) is 35.5 Å². The van der Waals surface area contributed by atoms with Crippen LogP contribution in [0, 0.1) is 20.8 Å². The fraction of sp³-hybridized carbons (Fsp3) is 0.300. The lowest BCUT2D eigenvalue weighted by atomic mass is 10.2. The van der Waals surface area contributed by atoms with Gasteiger partial charge in [0.25, 0.3) is 0 Å². The van der Waals surface area contributed by atoms with Crippen molar-refractivity contribution in [3.05, 3.63) is 53.4 Å². The molecule has 0 bridgehead atoms. The number of aromatic nitrogens is 3. The summed E-state index contributed by atoms with van der Waals surface area (Å²) in [6.07, 6.45) is 0. The Balaban J connectivity index is 1.79. The molecule has 0 aliphatic carbocycles. The molecule has 0 saturated heterocycles. The van der Waals surface area contributed by atoms with Crippen molar-refractivity contribution in [2.24, 2.45) is 0 Å². The molecule has 2 aromatic heterocycles. The lowest BCUT2D eigenvalue weighted by Gasteiger charge is -2.18. The minimum atomic E-state index is -0.109. The number of anilines is 2. The smallest absolute Gasteiger partial charge is 0.247 e. The minimum Gasteiger partial charge on any atom is -0.361 e. The van der Waals surface area contributed by atoms with Crippen molar-refractivity contribution in [3.8, 4) is 11.4 Å². The van der Waals surface area contributed by atoms with E-state index in [1.807, 2.05) is 51.1 Å². The quantitative estimate of drug-likeness (QED) is 0.719. The summed E-state index contributed by atoms with van der Waals surface area (Å²) >= 11 is 0. The van der Waals surface area contributed by atoms with Crippen LogP contribution in [-0.2, 0) is 4.79 Å². The van der Waals surface area contributed by atoms with E-state index in [4.69, 9.17) is 4.52 Å². The second-order valence-electron chi connectivity index (χ2n) is 6.26. The number of hydrogen-bond acceptors (Lipinski definition) is 6. The molecule has 7 nitrogen and oxygen atoms in total. The van der Waals surface area contributed by atoms with E-state index in [2.05, 4.69) is 20.4 Å². The number of amides is 1. The zero-order valence-corrected chi connectivity index (χ0v) is 16.0. The molecule has 3 aromatic rings. The standard InChI is InChI=1S/C20H23N5O2/c1-5-25(17-11-13(2)27-24-17)18(26)12-21-19-14(3)15(4)22-20(23-19)16-9-7-6-8-10-16/h6-11H,5,12H2,1-4H3,(H,21,22,23). The second kappa shape index (κ2) is 7.99. The van der Waals surface area contributed by atoms with Gasteiger partial charge in [0.05, 0.1) is 6.54 Å². The summed E-state index contributed by atoms with van der Waals surface area (Å²) in [6.45, 7) is 8.18. The molecule has 0 atom stereocenters. The van der Waals surface area contributed by atoms with Gasteiger partial charge in [-0.25, -0.2) is 9.97 Å². The lowest BCUT2D eigenvalue weighted by molar-refractivity contribution is -0.117. The number of benzene rings is 1. The van der Waals surface area contributed by atoms with Gasteiger partial charge in [-0.15, -0.1) is 0 Å². The first-order chi connectivity index (χ1) is 13.0. The molecule has 1 amide bonds. The van der Waals surface area contributed by atoms with Crippen molar-refractivity contribution >= 4 is 17.5 Å². The van der Waals surface area contributed by atoms with E-state index in [1.165, 1.54) is 0 Å². The highest BCUT2D eigenvalue weighted by atomic mass is 16.5. The fourth-order valence-electron chi connectivity index (χ4n) is 2.72. The first-order valence-electron chi connectivity index (χ1n) is 8.87. The van der Waals surface area contributed by atoms with Crippen LogP contribution in [0.4, 0.5) is 11.6 Å². The first-order valence-corrected chi connectivity index (χ1v) is 8.87. The highest BCUT2D eigenvalue weighted by molar-refractivity contribution is 5.95. The summed E-state index contributed by atoms with van der Waals surface area (Å²) in [5, 5.41) is 7.08. The van der Waals surface area contributed by atoms with Gasteiger partial charge in [0, 0.05) is 29.4 Å². The van der Waals surface area contributed by atoms with Crippen LogP contribution < -0.4 is 10.2 Å². The Morgan fingerprint density at radius 2 is 1.89 bits per heavy atom. The van der Waals surface area contributed by atoms with Gasteiger partial charge in [-0.3, -0.25) is 9.69 Å². The minimum absolute atomic E-state index is 0.102. The summed E-state index contributed by atoms with van der Waals surface area (Å²) in [6, 6.07) is 11.5. The number of rotatable bonds is 6. The number of nitrogens with one attached hydrogen (secondary N) is 1. The van der Waals surface area contributed by atoms with Crippen LogP contribution >= 0.6 is 0 Å². The van der Waals surface area contributed by atoms with Crippen LogP contribution in [0.25, 0.3) is 11.4 Å². The number of nitrogens with zero attached hydrogens (tertiary/aromatic N) is 4. The van der Waals surface area contributed by atoms with Crippen LogP contribution in [0.3, 0.4) is 0 Å². The van der Waals surface area contributed by atoms with Gasteiger partial charge in [0.1, 0.15) is 11.6 Å². The monoisotopic (exact) mass is 365 g/mol. The first kappa shape index (κ1) is 18.6. The summed E-state index contributed by atoms with van der Waals surface area (Å²) in [5.41, 5.74) is 2.73. The molecule has 0 unspecified atom stereocenters. The highest BCUT2D eigenvalue weighted by Gasteiger charge is 2.18. The van der Waals surface area contributed by atoms with Crippen LogP contribution in [-0.4, -0.2) is 34.1 Å². The third kappa shape index (κ3) is 4.13. The van der Waals surface area contributed by atoms with Crippen LogP contribution in [0.5, 0.6) is 0 Å². The molecular formula is C20H23N5O2. The van der Waals surface area contributed by atoms with E-state index < -0.39 is 0 Å². The Kier molecular flexibility index (Phi) is 5.49. The van der Waals surface area contributed by atoms with E-state index >= 15 is 0 Å². The zero-order chi connectivity index (χ0) is 19.4. The molecule has 0 saturated carbocycles. The highest BCUT2D eigenvalue weighted by Crippen LogP contribution is 2.21. The molecule has 3 rings (SSSR count). The largest absolute Gasteiger partial charge is 0.361 e. The Morgan fingerprint density at radius 3 is 2.52 bits per heavy atom. The number of aryl methyl sites for hydroxylation is 2. The molecule has 0 aliphatic rings. The third-order valence-corrected chi connectivity index (χ3v) is 4.34. The second-order valence-corrected chi connectivity index (χ2v) is 6.26. The van der Waals surface area contributed by atoms with Crippen molar-refractivity contribution in [1.29, 1.82) is 0 Å². The number of hydrogen-bond donors (Lipinski definition) is 1. The Bertz CT molecular complexity index is 937. The average Bonchev–Trinajstić information content (AvgIpc) is 3.10. The Hall–Kier alpha value is -3.22. The van der Waals surface area contributed by atoms with E-state index in [0.29, 0.717) is 29.8 Å². The molecule has 27 heavy (non-hydrogen) atoms. The summed E-state index contributed by atoms with van der Waals surface area (Å²) in [5.74, 6) is 2.36. The van der Waals surface area contributed by atoms with Crippen molar-refractivity contribution in [3.63, 3.8) is 0 Å². The molecule has 0 radical (unpaired) electrons. The zero-order valence-electron chi connectivity index (χ0n) is 16.0. The molecule has 1 aromatic carbocycles. The Labute approximate surface area is 158 Å². The molecule has 0 aliphatic heterocycles. The van der Waals surface area contributed by atoms with Gasteiger partial charge >= 0.3 is 0 Å². The van der Waals surface area contributed by atoms with Crippen molar-refractivity contribution in [1.82, 2.24) is 15.1 Å². The Morgan fingerprint density at radius 1 is 1.15 bits per heavy atom. The normalized spacial score (nSPS) is 10.7. The lowest BCUT2D eigenvalue weighted by Crippen LogP contribution is -2.36. The SMILES string of the molecule is CCN(C(=O)CNc1nc(-c2ccccc2)nc(C)c1C)c1cc(C)on1. The summed E-state index contributed by atoms with van der Waals surface area (Å²) in [7, 11) is 0. The maximum atomic E-state index is 12.6. The van der Waals surface area contributed by atoms with Gasteiger partial charge in [-0.2, -0.15) is 0 Å². The van der Waals surface area contributed by atoms with Crippen molar-refractivity contribution in [2.75, 3.05) is 23.3 Å². The van der Waals surface area contributed by atoms with E-state index in [0.717, 1.165) is 16.8 Å². The average molecular weight is 365 g/mol. The molecular weight excluding hydrogens is 342 g/mol. The topological polar surface area (TPSA) is 84.2 Å². The maximum absolute atomic E-state index is 12.6. The fourth-order valence-corrected chi connectivity index (χ4v) is 2.72. The molecule has 0 fully saturated rings. The number of carbonyl (C=O) groups excluding carboxylic acids is 1. The van der Waals surface area contributed by atoms with E-state index in [9.17, 15) is 4.79 Å². The molecule has 140 valence electrons. The van der Waals surface area contributed by atoms with Crippen LogP contribution in [0.1, 0.15) is 23.9 Å². The van der Waals surface area contributed by atoms with Gasteiger partial charge in [0.15, 0.2) is 11.6 Å². The summed E-state index contributed by atoms with van der Waals surface area (Å²) in [4.78, 5) is 23.4. The van der Waals surface area contributed by atoms with Gasteiger partial charge in [0.2, 0.25) is 5.91 Å². The predicted octanol–water partition coefficient (Wildman–Crippen LogP) is 3.52. The van der Waals surface area contributed by atoms with Gasteiger partial charge < -0.3 is 9.84 Å². The number of carbonyl (C=O) groups is 1. The maximum Gasteiger partial charge on any atom is 0.247 e. The van der Waals surface area contributed by atoms with Crippen molar-refractivity contribution in [2.45, 2.75) is 27.7 Å². The molecule has 1 N–H and O–H groups in total. The van der Waals surface area contributed by atoms with Crippen LogP contribution in [0.15, 0.2) is 40.9 Å². The molecule has 0 spiro atoms. The van der Waals surface area contributed by atoms with E-state index in [1.54, 1.807) is 17.9 Å². The third-order valence-electron chi connectivity index (χ3n) is 4.34. The van der Waals surface area contributed by atoms with E-state index in [-0.39, 0.29) is 12.5 Å². The molecule has 2 heterocycles. The van der Waals surface area contributed by atoms with Crippen LogP contribution in [0.2, 0.25) is 0 Å². The molecule has 7 heteroatoms. The van der Waals surface area contributed by atoms with Gasteiger partial charge in [-0.05, 0) is 27.7 Å². The number of likely N-dealkylation sites (N-methyl/N-ethyl adjacent to an activating group) is 1. The predicted molar refractivity (Wildman–Crippen MR) is 105 cm³/mol.